The van der Waals surface area contributed by atoms with E-state index in [0.29, 0.717) is 0 Å². The van der Waals surface area contributed by atoms with Crippen LogP contribution in [0.5, 0.6) is 0 Å². The zero-order valence-corrected chi connectivity index (χ0v) is 10.5. The molecule has 0 unspecified atom stereocenters. The quantitative estimate of drug-likeness (QED) is 0.717. The summed E-state index contributed by atoms with van der Waals surface area (Å²) in [7, 11) is 0. The molecule has 1 fully saturated rings. The van der Waals surface area contributed by atoms with E-state index >= 15 is 0 Å². The number of para-hydroxylation sites is 1. The van der Waals surface area contributed by atoms with Gasteiger partial charge in [-0.3, -0.25) is 0 Å². The molecule has 0 bridgehead atoms. The zero-order valence-electron chi connectivity index (χ0n) is 10.5. The zero-order chi connectivity index (χ0) is 12.7. The molecule has 0 atom stereocenters. The van der Waals surface area contributed by atoms with Crippen LogP contribution in [-0.4, -0.2) is 36.1 Å². The van der Waals surface area contributed by atoms with Gasteiger partial charge in [0.25, 0.3) is 0 Å². The third-order valence-electron chi connectivity index (χ3n) is 3.56. The number of hydrogen-bond acceptors (Lipinski definition) is 5. The molecule has 3 heterocycles. The van der Waals surface area contributed by atoms with Crippen LogP contribution < -0.4 is 10.2 Å². The molecule has 1 aliphatic rings. The Bertz CT molecular complexity index is 730. The smallest absolute Gasteiger partial charge is 0.196 e. The Hall–Kier alpha value is -2.14. The Labute approximate surface area is 110 Å². The Morgan fingerprint density at radius 3 is 2.84 bits per heavy atom. The highest BCUT2D eigenvalue weighted by Crippen LogP contribution is 2.31. The Morgan fingerprint density at radius 2 is 1.95 bits per heavy atom. The maximum Gasteiger partial charge on any atom is 0.196 e. The molecular formula is C14H14N4O. The van der Waals surface area contributed by atoms with Crippen molar-refractivity contribution in [2.45, 2.75) is 0 Å². The number of furan rings is 1. The maximum atomic E-state index is 5.95. The van der Waals surface area contributed by atoms with Gasteiger partial charge in [-0.05, 0) is 12.1 Å². The van der Waals surface area contributed by atoms with E-state index < -0.39 is 0 Å². The molecule has 0 saturated carbocycles. The van der Waals surface area contributed by atoms with Crippen molar-refractivity contribution in [1.82, 2.24) is 15.3 Å². The number of nitrogens with zero attached hydrogens (tertiary/aromatic N) is 3. The summed E-state index contributed by atoms with van der Waals surface area (Å²) < 4.78 is 5.95. The van der Waals surface area contributed by atoms with E-state index in [4.69, 9.17) is 4.42 Å². The largest absolute Gasteiger partial charge is 0.450 e. The number of fused-ring (bicyclic) bond motifs is 3. The molecule has 19 heavy (non-hydrogen) atoms. The first-order chi connectivity index (χ1) is 9.43. The summed E-state index contributed by atoms with van der Waals surface area (Å²) >= 11 is 0. The van der Waals surface area contributed by atoms with Crippen LogP contribution >= 0.6 is 0 Å². The van der Waals surface area contributed by atoms with Crippen LogP contribution in [0.4, 0.5) is 5.82 Å². The van der Waals surface area contributed by atoms with Crippen molar-refractivity contribution in [2.75, 3.05) is 31.1 Å². The minimum atomic E-state index is 0.797. The topological polar surface area (TPSA) is 54.2 Å². The lowest BCUT2D eigenvalue weighted by Gasteiger charge is -2.27. The van der Waals surface area contributed by atoms with Crippen LogP contribution in [-0.2, 0) is 0 Å². The van der Waals surface area contributed by atoms with Crippen molar-refractivity contribution in [2.24, 2.45) is 0 Å². The van der Waals surface area contributed by atoms with Crippen molar-refractivity contribution in [1.29, 1.82) is 0 Å². The second kappa shape index (κ2) is 4.20. The van der Waals surface area contributed by atoms with Crippen LogP contribution in [0, 0.1) is 0 Å². The number of nitrogens with one attached hydrogen (secondary N) is 1. The molecule has 1 N–H and O–H groups in total. The van der Waals surface area contributed by atoms with Gasteiger partial charge in [-0.1, -0.05) is 12.1 Å². The second-order valence-corrected chi connectivity index (χ2v) is 4.71. The first-order valence-corrected chi connectivity index (χ1v) is 6.51. The number of aromatic nitrogens is 2. The average Bonchev–Trinajstić information content (AvgIpc) is 2.87. The van der Waals surface area contributed by atoms with Crippen LogP contribution in [0.1, 0.15) is 0 Å². The first-order valence-electron chi connectivity index (χ1n) is 6.51. The number of hydrogen-bond donors (Lipinski definition) is 1. The van der Waals surface area contributed by atoms with Gasteiger partial charge in [0.2, 0.25) is 0 Å². The molecule has 0 aliphatic carbocycles. The second-order valence-electron chi connectivity index (χ2n) is 4.71. The molecule has 5 heteroatoms. The molecule has 5 nitrogen and oxygen atoms in total. The number of rotatable bonds is 1. The van der Waals surface area contributed by atoms with Crippen molar-refractivity contribution in [3.8, 4) is 0 Å². The molecule has 1 aliphatic heterocycles. The summed E-state index contributed by atoms with van der Waals surface area (Å²) in [5.74, 6) is 0.905. The summed E-state index contributed by atoms with van der Waals surface area (Å²) in [4.78, 5) is 11.0. The van der Waals surface area contributed by atoms with Crippen molar-refractivity contribution in [3.63, 3.8) is 0 Å². The number of anilines is 1. The van der Waals surface area contributed by atoms with Crippen LogP contribution in [0.2, 0.25) is 0 Å². The van der Waals surface area contributed by atoms with Gasteiger partial charge in [0, 0.05) is 31.6 Å². The lowest BCUT2D eigenvalue weighted by molar-refractivity contribution is 0.580. The van der Waals surface area contributed by atoms with Crippen LogP contribution in [0.3, 0.4) is 0 Å². The lowest BCUT2D eigenvalue weighted by atomic mass is 10.2. The highest BCUT2D eigenvalue weighted by Gasteiger charge is 2.19. The van der Waals surface area contributed by atoms with Gasteiger partial charge in [0.05, 0.1) is 0 Å². The van der Waals surface area contributed by atoms with E-state index in [1.165, 1.54) is 0 Å². The molecule has 1 saturated heterocycles. The van der Waals surface area contributed by atoms with Crippen molar-refractivity contribution >= 4 is 27.9 Å². The third-order valence-corrected chi connectivity index (χ3v) is 3.56. The van der Waals surface area contributed by atoms with Gasteiger partial charge in [0.1, 0.15) is 17.4 Å². The summed E-state index contributed by atoms with van der Waals surface area (Å²) in [5.41, 5.74) is 2.57. The molecule has 2 aromatic heterocycles. The fraction of sp³-hybridized carbons (Fsp3) is 0.286. The summed E-state index contributed by atoms with van der Waals surface area (Å²) in [6.07, 6.45) is 1.63. The van der Waals surface area contributed by atoms with Gasteiger partial charge in [-0.2, -0.15) is 0 Å². The maximum absolute atomic E-state index is 5.95. The minimum absolute atomic E-state index is 0.797. The molecule has 0 amide bonds. The summed E-state index contributed by atoms with van der Waals surface area (Å²) in [6, 6.07) is 7.99. The standard InChI is InChI=1S/C14H14N4O/c1-2-4-11-10(3-1)12-13(19-11)14(17-9-16-12)18-7-5-15-6-8-18/h1-4,9,15H,5-8H2. The fourth-order valence-corrected chi connectivity index (χ4v) is 2.61. The van der Waals surface area contributed by atoms with Crippen molar-refractivity contribution in [3.05, 3.63) is 30.6 Å². The Kier molecular flexibility index (Phi) is 2.38. The van der Waals surface area contributed by atoms with E-state index in [0.717, 1.165) is 54.1 Å². The Balaban J connectivity index is 1.95. The SMILES string of the molecule is c1ccc2c(c1)oc1c(N3CCNCC3)ncnc12. The molecule has 3 aromatic rings. The fourth-order valence-electron chi connectivity index (χ4n) is 2.61. The Morgan fingerprint density at radius 1 is 1.11 bits per heavy atom. The van der Waals surface area contributed by atoms with Crippen LogP contribution in [0.25, 0.3) is 22.1 Å². The van der Waals surface area contributed by atoms with E-state index in [1.807, 2.05) is 24.3 Å². The molecular weight excluding hydrogens is 240 g/mol. The number of piperazine rings is 1. The molecule has 1 aromatic carbocycles. The van der Waals surface area contributed by atoms with Gasteiger partial charge in [-0.25, -0.2) is 9.97 Å². The van der Waals surface area contributed by atoms with Crippen LogP contribution in [0.15, 0.2) is 35.0 Å². The van der Waals surface area contributed by atoms with Gasteiger partial charge < -0.3 is 14.6 Å². The third kappa shape index (κ3) is 1.66. The monoisotopic (exact) mass is 254 g/mol. The predicted molar refractivity (Wildman–Crippen MR) is 74.4 cm³/mol. The molecule has 0 spiro atoms. The van der Waals surface area contributed by atoms with Gasteiger partial charge >= 0.3 is 0 Å². The average molecular weight is 254 g/mol. The minimum Gasteiger partial charge on any atom is -0.450 e. The van der Waals surface area contributed by atoms with Crippen molar-refractivity contribution < 1.29 is 4.42 Å². The summed E-state index contributed by atoms with van der Waals surface area (Å²) in [6.45, 7) is 3.85. The van der Waals surface area contributed by atoms with E-state index in [2.05, 4.69) is 20.2 Å². The highest BCUT2D eigenvalue weighted by atomic mass is 16.3. The van der Waals surface area contributed by atoms with E-state index in [-0.39, 0.29) is 0 Å². The normalized spacial score (nSPS) is 16.3. The van der Waals surface area contributed by atoms with E-state index in [1.54, 1.807) is 6.33 Å². The molecule has 0 radical (unpaired) electrons. The number of benzene rings is 1. The lowest BCUT2D eigenvalue weighted by Crippen LogP contribution is -2.43. The van der Waals surface area contributed by atoms with Gasteiger partial charge in [-0.15, -0.1) is 0 Å². The predicted octanol–water partition coefficient (Wildman–Crippen LogP) is 1.79. The summed E-state index contributed by atoms with van der Waals surface area (Å²) in [5, 5.41) is 4.40. The molecule has 4 rings (SSSR count). The highest BCUT2D eigenvalue weighted by molar-refractivity contribution is 6.05. The first kappa shape index (κ1) is 10.8. The van der Waals surface area contributed by atoms with E-state index in [9.17, 15) is 0 Å². The van der Waals surface area contributed by atoms with Gasteiger partial charge in [0.15, 0.2) is 11.4 Å². The molecule has 96 valence electrons.